The van der Waals surface area contributed by atoms with E-state index < -0.39 is 5.69 Å². The molecule has 0 amide bonds. The topological polar surface area (TPSA) is 99.5 Å². The molecule has 4 aromatic rings. The SMILES string of the molecule is CCCc1cc(Nc2ncc3c(=N)n(-c4c(Cl)cccc4Cl)c(=O)[nH]c3n2)ccc1CC. The highest BCUT2D eigenvalue weighted by Crippen LogP contribution is 2.26. The van der Waals surface area contributed by atoms with Gasteiger partial charge in [-0.3, -0.25) is 10.4 Å². The van der Waals surface area contributed by atoms with Gasteiger partial charge < -0.3 is 5.32 Å². The number of fused-ring (bicyclic) bond motifs is 1. The predicted molar refractivity (Wildman–Crippen MR) is 128 cm³/mol. The number of aromatic amines is 1. The summed E-state index contributed by atoms with van der Waals surface area (Å²) in [5.41, 5.74) is 3.29. The lowest BCUT2D eigenvalue weighted by Gasteiger charge is -2.13. The number of rotatable bonds is 6. The highest BCUT2D eigenvalue weighted by atomic mass is 35.5. The zero-order valence-electron chi connectivity index (χ0n) is 17.7. The molecule has 0 atom stereocenters. The quantitative estimate of drug-likeness (QED) is 0.364. The number of benzene rings is 2. The van der Waals surface area contributed by atoms with Gasteiger partial charge in [0.15, 0.2) is 5.65 Å². The molecule has 4 rings (SSSR count). The minimum Gasteiger partial charge on any atom is -0.324 e. The Morgan fingerprint density at radius 1 is 1.12 bits per heavy atom. The van der Waals surface area contributed by atoms with Crippen LogP contribution in [-0.2, 0) is 12.8 Å². The lowest BCUT2D eigenvalue weighted by atomic mass is 10.0. The highest BCUT2D eigenvalue weighted by molar-refractivity contribution is 6.37. The van der Waals surface area contributed by atoms with Crippen LogP contribution in [0.1, 0.15) is 31.4 Å². The van der Waals surface area contributed by atoms with E-state index in [1.54, 1.807) is 18.2 Å². The zero-order chi connectivity index (χ0) is 22.8. The smallest absolute Gasteiger partial charge is 0.324 e. The third-order valence-corrected chi connectivity index (χ3v) is 5.83. The van der Waals surface area contributed by atoms with Gasteiger partial charge in [0.2, 0.25) is 5.95 Å². The summed E-state index contributed by atoms with van der Waals surface area (Å²) >= 11 is 12.5. The van der Waals surface area contributed by atoms with E-state index in [1.807, 2.05) is 6.07 Å². The van der Waals surface area contributed by atoms with Crippen LogP contribution in [0.15, 0.2) is 47.4 Å². The van der Waals surface area contributed by atoms with Crippen molar-refractivity contribution in [2.75, 3.05) is 5.32 Å². The molecule has 0 saturated heterocycles. The van der Waals surface area contributed by atoms with Crippen molar-refractivity contribution in [1.82, 2.24) is 19.5 Å². The molecule has 164 valence electrons. The fourth-order valence-electron chi connectivity index (χ4n) is 3.69. The molecule has 0 saturated carbocycles. The van der Waals surface area contributed by atoms with E-state index in [0.717, 1.165) is 29.5 Å². The van der Waals surface area contributed by atoms with Gasteiger partial charge in [0, 0.05) is 11.9 Å². The molecule has 0 aliphatic heterocycles. The van der Waals surface area contributed by atoms with Gasteiger partial charge in [0.05, 0.1) is 21.1 Å². The second-order valence-corrected chi connectivity index (χ2v) is 8.17. The molecule has 2 aromatic carbocycles. The van der Waals surface area contributed by atoms with Crippen LogP contribution in [0, 0.1) is 5.41 Å². The summed E-state index contributed by atoms with van der Waals surface area (Å²) in [4.78, 5) is 24.3. The Bertz CT molecular complexity index is 1410. The van der Waals surface area contributed by atoms with Crippen LogP contribution in [0.4, 0.5) is 11.6 Å². The molecule has 0 bridgehead atoms. The van der Waals surface area contributed by atoms with Crippen LogP contribution < -0.4 is 16.5 Å². The number of aryl methyl sites for hydroxylation is 2. The number of aromatic nitrogens is 4. The molecule has 0 fully saturated rings. The molecule has 3 N–H and O–H groups in total. The first-order chi connectivity index (χ1) is 15.4. The second-order valence-electron chi connectivity index (χ2n) is 7.35. The summed E-state index contributed by atoms with van der Waals surface area (Å²) in [6, 6.07) is 11.1. The van der Waals surface area contributed by atoms with Gasteiger partial charge in [-0.2, -0.15) is 4.98 Å². The van der Waals surface area contributed by atoms with Crippen molar-refractivity contribution in [1.29, 1.82) is 5.41 Å². The van der Waals surface area contributed by atoms with Crippen LogP contribution in [-0.4, -0.2) is 19.5 Å². The summed E-state index contributed by atoms with van der Waals surface area (Å²) < 4.78 is 1.12. The zero-order valence-corrected chi connectivity index (χ0v) is 19.2. The van der Waals surface area contributed by atoms with E-state index >= 15 is 0 Å². The van der Waals surface area contributed by atoms with Gasteiger partial charge in [-0.05, 0) is 48.2 Å². The minimum atomic E-state index is -0.570. The Morgan fingerprint density at radius 2 is 1.88 bits per heavy atom. The van der Waals surface area contributed by atoms with Gasteiger partial charge in [-0.1, -0.05) is 55.6 Å². The van der Waals surface area contributed by atoms with Crippen molar-refractivity contribution in [2.24, 2.45) is 0 Å². The van der Waals surface area contributed by atoms with Crippen molar-refractivity contribution in [3.8, 4) is 5.69 Å². The highest BCUT2D eigenvalue weighted by Gasteiger charge is 2.15. The van der Waals surface area contributed by atoms with E-state index in [-0.39, 0.29) is 26.9 Å². The first-order valence-corrected chi connectivity index (χ1v) is 11.1. The first-order valence-electron chi connectivity index (χ1n) is 10.3. The largest absolute Gasteiger partial charge is 0.333 e. The number of nitrogens with one attached hydrogen (secondary N) is 3. The Hall–Kier alpha value is -3.16. The molecule has 0 aliphatic rings. The number of H-pyrrole nitrogens is 1. The fraction of sp³-hybridized carbons (Fsp3) is 0.217. The first kappa shape index (κ1) is 22.0. The maximum atomic E-state index is 12.8. The standard InChI is InChI=1S/C23H22Cl2N6O/c1-3-6-14-11-15(10-9-13(14)4-2)28-22-27-12-16-20(26)31(23(32)30-21(16)29-22)19-17(24)7-5-8-18(19)25/h5,7-12,26H,3-4,6H2,1-2H3,(H2,27,28,29,30,32). The van der Waals surface area contributed by atoms with Gasteiger partial charge in [0.1, 0.15) is 5.49 Å². The Morgan fingerprint density at radius 3 is 2.56 bits per heavy atom. The molecule has 0 spiro atoms. The summed E-state index contributed by atoms with van der Waals surface area (Å²) in [7, 11) is 0. The van der Waals surface area contributed by atoms with Crippen LogP contribution >= 0.6 is 23.2 Å². The Kier molecular flexibility index (Phi) is 6.30. The summed E-state index contributed by atoms with van der Waals surface area (Å²) in [5.74, 6) is 0.327. The Labute approximate surface area is 194 Å². The average molecular weight is 469 g/mol. The van der Waals surface area contributed by atoms with Crippen LogP contribution in [0.2, 0.25) is 10.0 Å². The van der Waals surface area contributed by atoms with E-state index in [4.69, 9.17) is 28.6 Å². The maximum absolute atomic E-state index is 12.8. The molecule has 0 unspecified atom stereocenters. The normalized spacial score (nSPS) is 11.1. The molecular formula is C23H22Cl2N6O. The minimum absolute atomic E-state index is 0.108. The lowest BCUT2D eigenvalue weighted by molar-refractivity contribution is 0.854. The monoisotopic (exact) mass is 468 g/mol. The van der Waals surface area contributed by atoms with E-state index in [1.165, 1.54) is 17.3 Å². The van der Waals surface area contributed by atoms with Gasteiger partial charge >= 0.3 is 5.69 Å². The third kappa shape index (κ3) is 4.13. The number of nitrogens with zero attached hydrogens (tertiary/aromatic N) is 3. The lowest BCUT2D eigenvalue weighted by Crippen LogP contribution is -2.34. The van der Waals surface area contributed by atoms with Crippen molar-refractivity contribution >= 4 is 45.9 Å². The Balaban J connectivity index is 1.76. The number of hydrogen-bond acceptors (Lipinski definition) is 5. The molecule has 32 heavy (non-hydrogen) atoms. The number of anilines is 2. The van der Waals surface area contributed by atoms with Crippen molar-refractivity contribution in [3.63, 3.8) is 0 Å². The second kappa shape index (κ2) is 9.14. The van der Waals surface area contributed by atoms with Gasteiger partial charge in [-0.15, -0.1) is 0 Å². The fourth-order valence-corrected chi connectivity index (χ4v) is 4.25. The molecule has 2 heterocycles. The average Bonchev–Trinajstić information content (AvgIpc) is 2.76. The summed E-state index contributed by atoms with van der Waals surface area (Å²) in [5, 5.41) is 12.6. The van der Waals surface area contributed by atoms with Crippen LogP contribution in [0.25, 0.3) is 16.7 Å². The van der Waals surface area contributed by atoms with Crippen LogP contribution in [0.5, 0.6) is 0 Å². The van der Waals surface area contributed by atoms with Gasteiger partial charge in [-0.25, -0.2) is 14.3 Å². The predicted octanol–water partition coefficient (Wildman–Crippen LogP) is 5.15. The maximum Gasteiger partial charge on any atom is 0.333 e. The third-order valence-electron chi connectivity index (χ3n) is 5.22. The van der Waals surface area contributed by atoms with Crippen molar-refractivity contribution < 1.29 is 0 Å². The van der Waals surface area contributed by atoms with Crippen molar-refractivity contribution in [3.05, 3.63) is 79.7 Å². The van der Waals surface area contributed by atoms with E-state index in [2.05, 4.69) is 46.2 Å². The molecular weight excluding hydrogens is 447 g/mol. The molecule has 9 heteroatoms. The number of halogens is 2. The molecule has 0 aliphatic carbocycles. The summed E-state index contributed by atoms with van der Waals surface area (Å²) in [6.45, 7) is 4.30. The molecule has 0 radical (unpaired) electrons. The van der Waals surface area contributed by atoms with E-state index in [9.17, 15) is 4.79 Å². The van der Waals surface area contributed by atoms with E-state index in [0.29, 0.717) is 11.3 Å². The number of hydrogen-bond donors (Lipinski definition) is 3. The summed E-state index contributed by atoms with van der Waals surface area (Å²) in [6.07, 6.45) is 4.53. The van der Waals surface area contributed by atoms with Gasteiger partial charge in [0.25, 0.3) is 0 Å². The number of para-hydroxylation sites is 1. The molecule has 2 aromatic heterocycles. The van der Waals surface area contributed by atoms with Crippen LogP contribution in [0.3, 0.4) is 0 Å². The van der Waals surface area contributed by atoms with Crippen molar-refractivity contribution in [2.45, 2.75) is 33.1 Å². The molecule has 7 nitrogen and oxygen atoms in total.